The van der Waals surface area contributed by atoms with Crippen LogP contribution in [0.4, 0.5) is 5.69 Å². The smallest absolute Gasteiger partial charge is 0.238 e. The van der Waals surface area contributed by atoms with Gasteiger partial charge in [0.2, 0.25) is 15.9 Å². The van der Waals surface area contributed by atoms with E-state index in [9.17, 15) is 13.2 Å². The lowest BCUT2D eigenvalue weighted by Gasteiger charge is -2.12. The van der Waals surface area contributed by atoms with Crippen LogP contribution in [0.15, 0.2) is 41.3 Å². The highest BCUT2D eigenvalue weighted by Crippen LogP contribution is 2.33. The lowest BCUT2D eigenvalue weighted by molar-refractivity contribution is -0.120. The number of nitrogens with one attached hydrogen (secondary N) is 2. The maximum Gasteiger partial charge on any atom is 0.238 e. The minimum absolute atomic E-state index is 0.0226. The van der Waals surface area contributed by atoms with Crippen molar-refractivity contribution in [2.45, 2.75) is 17.7 Å². The van der Waals surface area contributed by atoms with Crippen molar-refractivity contribution in [1.82, 2.24) is 5.43 Å². The van der Waals surface area contributed by atoms with E-state index in [1.807, 2.05) is 0 Å². The molecular weight excluding hydrogens is 409 g/mol. The Morgan fingerprint density at radius 3 is 2.12 bits per heavy atom. The van der Waals surface area contributed by atoms with Crippen LogP contribution < -0.4 is 16.0 Å². The average Bonchev–Trinajstić information content (AvgIpc) is 2.51. The molecular formula is C15H14Cl3N3O3S. The summed E-state index contributed by atoms with van der Waals surface area (Å²) in [5.41, 5.74) is 6.29. The molecule has 2 rings (SSSR count). The maximum absolute atomic E-state index is 11.9. The van der Waals surface area contributed by atoms with Gasteiger partial charge in [-0.3, -0.25) is 15.6 Å². The quantitative estimate of drug-likeness (QED) is 0.621. The molecule has 1 amide bonds. The molecule has 0 aromatic heterocycles. The molecule has 2 aromatic rings. The molecule has 6 nitrogen and oxygen atoms in total. The number of primary sulfonamides is 1. The maximum atomic E-state index is 11.9. The molecule has 0 heterocycles. The Hall–Kier alpha value is -1.51. The predicted octanol–water partition coefficient (Wildman–Crippen LogP) is 3.37. The number of aryl methyl sites for hydroxylation is 1. The van der Waals surface area contributed by atoms with Crippen LogP contribution in [0, 0.1) is 0 Å². The average molecular weight is 423 g/mol. The number of amides is 1. The number of anilines is 1. The fourth-order valence-corrected chi connectivity index (χ4v) is 3.39. The van der Waals surface area contributed by atoms with Crippen molar-refractivity contribution in [3.05, 3.63) is 57.0 Å². The number of hydrogen-bond donors (Lipinski definition) is 3. The molecule has 0 aliphatic heterocycles. The van der Waals surface area contributed by atoms with E-state index in [1.54, 1.807) is 12.1 Å². The van der Waals surface area contributed by atoms with Gasteiger partial charge in [0.05, 0.1) is 20.6 Å². The summed E-state index contributed by atoms with van der Waals surface area (Å²) in [4.78, 5) is 11.9. The van der Waals surface area contributed by atoms with Crippen LogP contribution in [0.1, 0.15) is 12.0 Å². The van der Waals surface area contributed by atoms with Gasteiger partial charge < -0.3 is 0 Å². The van der Waals surface area contributed by atoms with Crippen LogP contribution in [-0.2, 0) is 21.2 Å². The number of halogens is 3. The zero-order chi connectivity index (χ0) is 18.6. The van der Waals surface area contributed by atoms with E-state index in [0.29, 0.717) is 17.1 Å². The lowest BCUT2D eigenvalue weighted by Crippen LogP contribution is -2.29. The normalized spacial score (nSPS) is 11.2. The van der Waals surface area contributed by atoms with Gasteiger partial charge in [-0.25, -0.2) is 13.6 Å². The van der Waals surface area contributed by atoms with Gasteiger partial charge in [0, 0.05) is 11.4 Å². The number of carbonyl (C=O) groups is 1. The van der Waals surface area contributed by atoms with E-state index < -0.39 is 10.0 Å². The monoisotopic (exact) mass is 421 g/mol. The minimum Gasteiger partial charge on any atom is -0.296 e. The van der Waals surface area contributed by atoms with E-state index in [0.717, 1.165) is 5.56 Å². The van der Waals surface area contributed by atoms with Crippen molar-refractivity contribution >= 4 is 56.4 Å². The van der Waals surface area contributed by atoms with Crippen molar-refractivity contribution in [3.63, 3.8) is 0 Å². The Kier molecular flexibility index (Phi) is 6.53. The summed E-state index contributed by atoms with van der Waals surface area (Å²) >= 11 is 17.8. The zero-order valence-electron chi connectivity index (χ0n) is 12.7. The molecule has 10 heteroatoms. The molecule has 0 saturated heterocycles. The molecule has 2 aromatic carbocycles. The third-order valence-corrected chi connectivity index (χ3v) is 4.97. The van der Waals surface area contributed by atoms with E-state index >= 15 is 0 Å². The molecule has 0 aliphatic carbocycles. The van der Waals surface area contributed by atoms with Crippen LogP contribution in [0.25, 0.3) is 0 Å². The van der Waals surface area contributed by atoms with E-state index in [1.165, 1.54) is 24.3 Å². The summed E-state index contributed by atoms with van der Waals surface area (Å²) in [6.07, 6.45) is 0.588. The fraction of sp³-hybridized carbons (Fsp3) is 0.133. The summed E-state index contributed by atoms with van der Waals surface area (Å²) in [6.45, 7) is 0. The van der Waals surface area contributed by atoms with Gasteiger partial charge in [0.25, 0.3) is 0 Å². The first-order valence-corrected chi connectivity index (χ1v) is 9.66. The van der Waals surface area contributed by atoms with Crippen molar-refractivity contribution in [2.24, 2.45) is 5.14 Å². The molecule has 0 bridgehead atoms. The third kappa shape index (κ3) is 5.76. The first-order chi connectivity index (χ1) is 11.7. The van der Waals surface area contributed by atoms with Crippen LogP contribution in [0.5, 0.6) is 0 Å². The Balaban J connectivity index is 1.89. The Morgan fingerprint density at radius 1 is 1.04 bits per heavy atom. The third-order valence-electron chi connectivity index (χ3n) is 3.23. The van der Waals surface area contributed by atoms with Gasteiger partial charge >= 0.3 is 0 Å². The largest absolute Gasteiger partial charge is 0.296 e. The molecule has 0 fully saturated rings. The van der Waals surface area contributed by atoms with Crippen LogP contribution >= 0.6 is 34.8 Å². The molecule has 0 radical (unpaired) electrons. The minimum atomic E-state index is -3.73. The molecule has 134 valence electrons. The molecule has 0 spiro atoms. The summed E-state index contributed by atoms with van der Waals surface area (Å²) in [5, 5.41) is 5.96. The highest BCUT2D eigenvalue weighted by molar-refractivity contribution is 7.89. The lowest BCUT2D eigenvalue weighted by atomic mass is 10.1. The number of rotatable bonds is 6. The summed E-state index contributed by atoms with van der Waals surface area (Å²) in [5.74, 6) is -0.294. The highest BCUT2D eigenvalue weighted by atomic mass is 35.5. The summed E-state index contributed by atoms with van der Waals surface area (Å²) in [7, 11) is -3.73. The number of hydrazine groups is 1. The van der Waals surface area contributed by atoms with Crippen LogP contribution in [0.3, 0.4) is 0 Å². The second kappa shape index (κ2) is 8.25. The van der Waals surface area contributed by atoms with Gasteiger partial charge in [0.15, 0.2) is 0 Å². The van der Waals surface area contributed by atoms with E-state index in [-0.39, 0.29) is 27.3 Å². The van der Waals surface area contributed by atoms with Crippen molar-refractivity contribution in [1.29, 1.82) is 0 Å². The molecule has 0 aliphatic rings. The number of nitrogens with two attached hydrogens (primary N) is 1. The molecule has 25 heavy (non-hydrogen) atoms. The summed E-state index contributed by atoms with van der Waals surface area (Å²) in [6, 6.07) is 9.00. The Morgan fingerprint density at radius 2 is 1.60 bits per heavy atom. The van der Waals surface area contributed by atoms with Crippen molar-refractivity contribution in [3.8, 4) is 0 Å². The zero-order valence-corrected chi connectivity index (χ0v) is 15.8. The standard InChI is InChI=1S/C15H14Cl3N3O3S/c16-10-7-12(17)15(13(18)8-10)21-20-14(22)6-3-9-1-4-11(5-2-9)25(19,23)24/h1-2,4-5,7-8,21H,3,6H2,(H,20,22)(H2,19,23,24). The van der Waals surface area contributed by atoms with Gasteiger partial charge in [-0.05, 0) is 36.2 Å². The SMILES string of the molecule is NS(=O)(=O)c1ccc(CCC(=O)NNc2c(Cl)cc(Cl)cc2Cl)cc1. The first kappa shape index (κ1) is 19.8. The number of benzene rings is 2. The van der Waals surface area contributed by atoms with Gasteiger partial charge in [0.1, 0.15) is 0 Å². The fourth-order valence-electron chi connectivity index (χ4n) is 1.96. The van der Waals surface area contributed by atoms with Crippen molar-refractivity contribution < 1.29 is 13.2 Å². The highest BCUT2D eigenvalue weighted by Gasteiger charge is 2.10. The molecule has 0 saturated carbocycles. The van der Waals surface area contributed by atoms with Crippen LogP contribution in [-0.4, -0.2) is 14.3 Å². The van der Waals surface area contributed by atoms with E-state index in [4.69, 9.17) is 39.9 Å². The number of carbonyl (C=O) groups excluding carboxylic acids is 1. The van der Waals surface area contributed by atoms with Crippen molar-refractivity contribution in [2.75, 3.05) is 5.43 Å². The van der Waals surface area contributed by atoms with Gasteiger partial charge in [-0.1, -0.05) is 46.9 Å². The number of hydrogen-bond acceptors (Lipinski definition) is 4. The second-order valence-corrected chi connectivity index (χ2v) is 7.92. The second-order valence-electron chi connectivity index (χ2n) is 5.11. The van der Waals surface area contributed by atoms with Gasteiger partial charge in [-0.2, -0.15) is 0 Å². The molecule has 0 atom stereocenters. The Bertz CT molecular complexity index is 864. The Labute approximate surface area is 160 Å². The van der Waals surface area contributed by atoms with E-state index in [2.05, 4.69) is 10.9 Å². The molecule has 0 unspecified atom stereocenters. The summed E-state index contributed by atoms with van der Waals surface area (Å²) < 4.78 is 22.4. The predicted molar refractivity (Wildman–Crippen MR) is 99.4 cm³/mol. The number of sulfonamides is 1. The topological polar surface area (TPSA) is 101 Å². The van der Waals surface area contributed by atoms with Gasteiger partial charge in [-0.15, -0.1) is 0 Å². The molecule has 4 N–H and O–H groups in total. The first-order valence-electron chi connectivity index (χ1n) is 6.98. The van der Waals surface area contributed by atoms with Crippen LogP contribution in [0.2, 0.25) is 15.1 Å².